The Morgan fingerprint density at radius 3 is 2.15 bits per heavy atom. The SMILES string of the molecule is CC(C)c1cc(C(C)C(C)C)no1. The van der Waals surface area contributed by atoms with Crippen LogP contribution in [0.1, 0.15) is 57.9 Å². The Hall–Kier alpha value is -0.790. The monoisotopic (exact) mass is 181 g/mol. The maximum absolute atomic E-state index is 5.25. The van der Waals surface area contributed by atoms with Gasteiger partial charge in [-0.3, -0.25) is 0 Å². The summed E-state index contributed by atoms with van der Waals surface area (Å²) in [7, 11) is 0. The van der Waals surface area contributed by atoms with Crippen molar-refractivity contribution in [1.29, 1.82) is 0 Å². The average molecular weight is 181 g/mol. The molecule has 0 amide bonds. The third-order valence-electron chi connectivity index (χ3n) is 2.58. The molecule has 2 nitrogen and oxygen atoms in total. The van der Waals surface area contributed by atoms with Crippen molar-refractivity contribution in [2.24, 2.45) is 5.92 Å². The zero-order valence-corrected chi connectivity index (χ0v) is 9.16. The number of aromatic nitrogens is 1. The highest BCUT2D eigenvalue weighted by atomic mass is 16.5. The van der Waals surface area contributed by atoms with Crippen molar-refractivity contribution in [2.45, 2.75) is 46.5 Å². The molecule has 0 aromatic carbocycles. The van der Waals surface area contributed by atoms with Crippen LogP contribution in [0.15, 0.2) is 10.6 Å². The number of nitrogens with zero attached hydrogens (tertiary/aromatic N) is 1. The summed E-state index contributed by atoms with van der Waals surface area (Å²) in [6.45, 7) is 10.8. The normalized spacial score (nSPS) is 14.1. The third-order valence-corrected chi connectivity index (χ3v) is 2.58. The van der Waals surface area contributed by atoms with E-state index in [0.29, 0.717) is 17.8 Å². The summed E-state index contributed by atoms with van der Waals surface area (Å²) >= 11 is 0. The number of rotatable bonds is 3. The molecule has 0 spiro atoms. The van der Waals surface area contributed by atoms with Crippen LogP contribution in [-0.2, 0) is 0 Å². The summed E-state index contributed by atoms with van der Waals surface area (Å²) in [5.74, 6) is 2.52. The Kier molecular flexibility index (Phi) is 3.12. The molecule has 0 saturated heterocycles. The van der Waals surface area contributed by atoms with Gasteiger partial charge in [0, 0.05) is 17.9 Å². The van der Waals surface area contributed by atoms with Crippen LogP contribution >= 0.6 is 0 Å². The van der Waals surface area contributed by atoms with Crippen LogP contribution in [0.2, 0.25) is 0 Å². The van der Waals surface area contributed by atoms with E-state index in [-0.39, 0.29) is 0 Å². The van der Waals surface area contributed by atoms with E-state index in [1.54, 1.807) is 0 Å². The zero-order valence-electron chi connectivity index (χ0n) is 9.16. The van der Waals surface area contributed by atoms with Gasteiger partial charge in [-0.15, -0.1) is 0 Å². The molecule has 0 aliphatic rings. The van der Waals surface area contributed by atoms with Crippen molar-refractivity contribution in [2.75, 3.05) is 0 Å². The second-order valence-corrected chi connectivity index (χ2v) is 4.34. The van der Waals surface area contributed by atoms with Crippen molar-refractivity contribution in [1.82, 2.24) is 5.16 Å². The van der Waals surface area contributed by atoms with Gasteiger partial charge in [0.25, 0.3) is 0 Å². The Balaban J connectivity index is 2.79. The largest absolute Gasteiger partial charge is 0.361 e. The zero-order chi connectivity index (χ0) is 10.0. The predicted molar refractivity (Wildman–Crippen MR) is 53.8 cm³/mol. The first-order chi connectivity index (χ1) is 6.02. The highest BCUT2D eigenvalue weighted by molar-refractivity contribution is 5.12. The molecule has 0 bridgehead atoms. The Labute approximate surface area is 80.3 Å². The quantitative estimate of drug-likeness (QED) is 0.712. The van der Waals surface area contributed by atoms with E-state index >= 15 is 0 Å². The summed E-state index contributed by atoms with van der Waals surface area (Å²) in [4.78, 5) is 0. The van der Waals surface area contributed by atoms with Crippen molar-refractivity contribution < 1.29 is 4.52 Å². The first kappa shape index (κ1) is 10.3. The van der Waals surface area contributed by atoms with Crippen LogP contribution in [0.3, 0.4) is 0 Å². The molecule has 0 fully saturated rings. The van der Waals surface area contributed by atoms with E-state index in [1.165, 1.54) is 0 Å². The fraction of sp³-hybridized carbons (Fsp3) is 0.727. The van der Waals surface area contributed by atoms with E-state index in [4.69, 9.17) is 4.52 Å². The predicted octanol–water partition coefficient (Wildman–Crippen LogP) is 3.56. The minimum Gasteiger partial charge on any atom is -0.361 e. The van der Waals surface area contributed by atoms with E-state index < -0.39 is 0 Å². The smallest absolute Gasteiger partial charge is 0.139 e. The number of hydrogen-bond acceptors (Lipinski definition) is 2. The summed E-state index contributed by atoms with van der Waals surface area (Å²) in [6, 6.07) is 2.08. The van der Waals surface area contributed by atoms with E-state index in [2.05, 4.69) is 45.8 Å². The molecule has 74 valence electrons. The van der Waals surface area contributed by atoms with Gasteiger partial charge in [-0.25, -0.2) is 0 Å². The molecule has 1 heterocycles. The lowest BCUT2D eigenvalue weighted by Gasteiger charge is -2.10. The molecule has 0 N–H and O–H groups in total. The highest BCUT2D eigenvalue weighted by Crippen LogP contribution is 2.25. The van der Waals surface area contributed by atoms with Gasteiger partial charge in [0.05, 0.1) is 5.69 Å². The molecule has 13 heavy (non-hydrogen) atoms. The fourth-order valence-corrected chi connectivity index (χ4v) is 1.13. The van der Waals surface area contributed by atoms with Crippen LogP contribution < -0.4 is 0 Å². The van der Waals surface area contributed by atoms with Crippen molar-refractivity contribution >= 4 is 0 Å². The maximum atomic E-state index is 5.25. The fourth-order valence-electron chi connectivity index (χ4n) is 1.13. The summed E-state index contributed by atoms with van der Waals surface area (Å²) in [6.07, 6.45) is 0. The Morgan fingerprint density at radius 2 is 1.77 bits per heavy atom. The van der Waals surface area contributed by atoms with E-state index in [9.17, 15) is 0 Å². The van der Waals surface area contributed by atoms with E-state index in [1.807, 2.05) is 0 Å². The molecule has 2 heteroatoms. The topological polar surface area (TPSA) is 26.0 Å². The highest BCUT2D eigenvalue weighted by Gasteiger charge is 2.15. The summed E-state index contributed by atoms with van der Waals surface area (Å²) < 4.78 is 5.25. The first-order valence-electron chi connectivity index (χ1n) is 4.99. The van der Waals surface area contributed by atoms with Crippen LogP contribution in [0.4, 0.5) is 0 Å². The second kappa shape index (κ2) is 3.95. The summed E-state index contributed by atoms with van der Waals surface area (Å²) in [5, 5.41) is 4.08. The van der Waals surface area contributed by atoms with Gasteiger partial charge in [-0.1, -0.05) is 39.8 Å². The van der Waals surface area contributed by atoms with Crippen molar-refractivity contribution in [3.8, 4) is 0 Å². The molecule has 0 radical (unpaired) electrons. The molecular formula is C11H19NO. The van der Waals surface area contributed by atoms with Gasteiger partial charge in [-0.05, 0) is 5.92 Å². The van der Waals surface area contributed by atoms with Gasteiger partial charge in [-0.2, -0.15) is 0 Å². The molecule has 0 saturated carbocycles. The summed E-state index contributed by atoms with van der Waals surface area (Å²) in [5.41, 5.74) is 1.08. The van der Waals surface area contributed by atoms with Crippen molar-refractivity contribution in [3.63, 3.8) is 0 Å². The van der Waals surface area contributed by atoms with Crippen LogP contribution in [0, 0.1) is 5.92 Å². The van der Waals surface area contributed by atoms with Crippen molar-refractivity contribution in [3.05, 3.63) is 17.5 Å². The molecule has 1 aromatic rings. The molecule has 1 atom stereocenters. The van der Waals surface area contributed by atoms with Gasteiger partial charge >= 0.3 is 0 Å². The lowest BCUT2D eigenvalue weighted by Crippen LogP contribution is -2.01. The van der Waals surface area contributed by atoms with Crippen LogP contribution in [0.5, 0.6) is 0 Å². The van der Waals surface area contributed by atoms with Crippen LogP contribution in [0.25, 0.3) is 0 Å². The minimum absolute atomic E-state index is 0.431. The van der Waals surface area contributed by atoms with Gasteiger partial charge in [0.15, 0.2) is 0 Å². The molecular weight excluding hydrogens is 162 g/mol. The maximum Gasteiger partial charge on any atom is 0.139 e. The van der Waals surface area contributed by atoms with Gasteiger partial charge < -0.3 is 4.52 Å². The molecule has 0 aliphatic heterocycles. The van der Waals surface area contributed by atoms with Gasteiger partial charge in [0.2, 0.25) is 0 Å². The molecule has 0 aliphatic carbocycles. The first-order valence-corrected chi connectivity index (χ1v) is 4.99. The number of hydrogen-bond donors (Lipinski definition) is 0. The lowest BCUT2D eigenvalue weighted by atomic mass is 9.94. The van der Waals surface area contributed by atoms with Gasteiger partial charge in [0.1, 0.15) is 5.76 Å². The Bertz CT molecular complexity index is 263. The van der Waals surface area contributed by atoms with Crippen LogP contribution in [-0.4, -0.2) is 5.16 Å². The minimum atomic E-state index is 0.431. The molecule has 1 unspecified atom stereocenters. The average Bonchev–Trinajstić information content (AvgIpc) is 2.50. The molecule has 1 aromatic heterocycles. The lowest BCUT2D eigenvalue weighted by molar-refractivity contribution is 0.357. The third kappa shape index (κ3) is 2.33. The van der Waals surface area contributed by atoms with E-state index in [0.717, 1.165) is 11.5 Å². The second-order valence-electron chi connectivity index (χ2n) is 4.34. The standard InChI is InChI=1S/C11H19NO/c1-7(2)9(5)10-6-11(8(3)4)13-12-10/h6-9H,1-5H3. The Morgan fingerprint density at radius 1 is 1.15 bits per heavy atom. The molecule has 1 rings (SSSR count).